The van der Waals surface area contributed by atoms with E-state index in [2.05, 4.69) is 0 Å². The Morgan fingerprint density at radius 1 is 1.54 bits per heavy atom. The minimum absolute atomic E-state index is 0.166. The molecule has 0 amide bonds. The third-order valence-electron chi connectivity index (χ3n) is 1.87. The number of methoxy groups -OCH3 is 1. The van der Waals surface area contributed by atoms with Crippen molar-refractivity contribution in [3.8, 4) is 11.5 Å². The average Bonchev–Trinajstić information content (AvgIpc) is 2.16. The molecule has 1 unspecified atom stereocenters. The van der Waals surface area contributed by atoms with Crippen LogP contribution in [-0.4, -0.2) is 18.8 Å². The Morgan fingerprint density at radius 3 is 2.77 bits per heavy atom. The van der Waals surface area contributed by atoms with E-state index in [9.17, 15) is 5.11 Å². The molecule has 72 valence electrons. The molecule has 0 aromatic heterocycles. The van der Waals surface area contributed by atoms with E-state index in [0.717, 1.165) is 5.56 Å². The molecule has 0 aliphatic rings. The lowest BCUT2D eigenvalue weighted by atomic mass is 10.1. The number of phenolic OH excluding ortho intramolecular Hbond substituents is 1. The normalized spacial score (nSPS) is 12.5. The SMILES string of the molecule is COc1ccc(O)cc1C(N)CN. The molecule has 1 rings (SSSR count). The van der Waals surface area contributed by atoms with Crippen molar-refractivity contribution in [3.05, 3.63) is 23.8 Å². The summed E-state index contributed by atoms with van der Waals surface area (Å²) in [5, 5.41) is 9.23. The van der Waals surface area contributed by atoms with Crippen LogP contribution in [0.25, 0.3) is 0 Å². The summed E-state index contributed by atoms with van der Waals surface area (Å²) in [6.07, 6.45) is 0. The molecule has 4 nitrogen and oxygen atoms in total. The van der Waals surface area contributed by atoms with Crippen LogP contribution in [0.4, 0.5) is 0 Å². The van der Waals surface area contributed by atoms with Crippen molar-refractivity contribution in [1.82, 2.24) is 0 Å². The summed E-state index contributed by atoms with van der Waals surface area (Å²) in [6, 6.07) is 4.48. The lowest BCUT2D eigenvalue weighted by Crippen LogP contribution is -2.21. The standard InChI is InChI=1S/C9H14N2O2/c1-13-9-3-2-6(12)4-7(9)8(11)5-10/h2-4,8,12H,5,10-11H2,1H3. The van der Waals surface area contributed by atoms with E-state index in [-0.39, 0.29) is 11.8 Å². The van der Waals surface area contributed by atoms with E-state index in [1.807, 2.05) is 0 Å². The Morgan fingerprint density at radius 2 is 2.23 bits per heavy atom. The van der Waals surface area contributed by atoms with E-state index in [1.54, 1.807) is 25.3 Å². The topological polar surface area (TPSA) is 81.5 Å². The van der Waals surface area contributed by atoms with Gasteiger partial charge in [0, 0.05) is 18.2 Å². The summed E-state index contributed by atoms with van der Waals surface area (Å²) < 4.78 is 5.08. The van der Waals surface area contributed by atoms with Crippen LogP contribution in [0.5, 0.6) is 11.5 Å². The molecule has 13 heavy (non-hydrogen) atoms. The Hall–Kier alpha value is -1.26. The number of ether oxygens (including phenoxy) is 1. The molecule has 5 N–H and O–H groups in total. The second-order valence-electron chi connectivity index (χ2n) is 2.77. The molecule has 1 atom stereocenters. The summed E-state index contributed by atoms with van der Waals surface area (Å²) >= 11 is 0. The van der Waals surface area contributed by atoms with Crippen LogP contribution < -0.4 is 16.2 Å². The summed E-state index contributed by atoms with van der Waals surface area (Å²) in [4.78, 5) is 0. The molecule has 0 heterocycles. The smallest absolute Gasteiger partial charge is 0.123 e. The zero-order valence-corrected chi connectivity index (χ0v) is 7.53. The Kier molecular flexibility index (Phi) is 3.11. The molecule has 1 aromatic carbocycles. The fourth-order valence-electron chi connectivity index (χ4n) is 1.14. The first kappa shape index (κ1) is 9.83. The molecular weight excluding hydrogens is 168 g/mol. The first-order chi connectivity index (χ1) is 6.19. The van der Waals surface area contributed by atoms with Crippen molar-refractivity contribution < 1.29 is 9.84 Å². The highest BCUT2D eigenvalue weighted by atomic mass is 16.5. The minimum atomic E-state index is -0.304. The van der Waals surface area contributed by atoms with Crippen molar-refractivity contribution in [3.63, 3.8) is 0 Å². The second-order valence-corrected chi connectivity index (χ2v) is 2.77. The molecule has 0 bridgehead atoms. The van der Waals surface area contributed by atoms with E-state index in [0.29, 0.717) is 12.3 Å². The summed E-state index contributed by atoms with van der Waals surface area (Å²) in [5.74, 6) is 0.815. The summed E-state index contributed by atoms with van der Waals surface area (Å²) in [6.45, 7) is 0.319. The van der Waals surface area contributed by atoms with Crippen LogP contribution in [0.15, 0.2) is 18.2 Å². The Bertz CT molecular complexity index is 289. The fourth-order valence-corrected chi connectivity index (χ4v) is 1.14. The highest BCUT2D eigenvalue weighted by molar-refractivity contribution is 5.41. The maximum atomic E-state index is 9.23. The van der Waals surface area contributed by atoms with Crippen LogP contribution in [0.1, 0.15) is 11.6 Å². The predicted octanol–water partition coefficient (Wildman–Crippen LogP) is 0.359. The number of nitrogens with two attached hydrogens (primary N) is 2. The molecule has 0 spiro atoms. The maximum absolute atomic E-state index is 9.23. The third-order valence-corrected chi connectivity index (χ3v) is 1.87. The van der Waals surface area contributed by atoms with Crippen LogP contribution in [0.2, 0.25) is 0 Å². The van der Waals surface area contributed by atoms with Crippen molar-refractivity contribution >= 4 is 0 Å². The van der Waals surface area contributed by atoms with Gasteiger partial charge < -0.3 is 21.3 Å². The number of hydrogen-bond acceptors (Lipinski definition) is 4. The molecule has 0 aliphatic heterocycles. The van der Waals surface area contributed by atoms with E-state index in [4.69, 9.17) is 16.2 Å². The van der Waals surface area contributed by atoms with Crippen molar-refractivity contribution in [2.24, 2.45) is 11.5 Å². The number of hydrogen-bond donors (Lipinski definition) is 3. The van der Waals surface area contributed by atoms with Crippen molar-refractivity contribution in [2.75, 3.05) is 13.7 Å². The van der Waals surface area contributed by atoms with E-state index >= 15 is 0 Å². The third kappa shape index (κ3) is 2.11. The quantitative estimate of drug-likeness (QED) is 0.630. The van der Waals surface area contributed by atoms with Gasteiger partial charge in [-0.05, 0) is 18.2 Å². The highest BCUT2D eigenvalue weighted by Crippen LogP contribution is 2.26. The number of rotatable bonds is 3. The monoisotopic (exact) mass is 182 g/mol. The van der Waals surface area contributed by atoms with Gasteiger partial charge in [-0.3, -0.25) is 0 Å². The van der Waals surface area contributed by atoms with Crippen LogP contribution in [0.3, 0.4) is 0 Å². The largest absolute Gasteiger partial charge is 0.508 e. The fraction of sp³-hybridized carbons (Fsp3) is 0.333. The lowest BCUT2D eigenvalue weighted by molar-refractivity contribution is 0.403. The van der Waals surface area contributed by atoms with Crippen molar-refractivity contribution in [2.45, 2.75) is 6.04 Å². The number of benzene rings is 1. The summed E-state index contributed by atoms with van der Waals surface area (Å²) in [7, 11) is 1.55. The van der Waals surface area contributed by atoms with E-state index < -0.39 is 0 Å². The van der Waals surface area contributed by atoms with Gasteiger partial charge in [-0.1, -0.05) is 0 Å². The van der Waals surface area contributed by atoms with Gasteiger partial charge >= 0.3 is 0 Å². The zero-order valence-electron chi connectivity index (χ0n) is 7.53. The van der Waals surface area contributed by atoms with Crippen LogP contribution in [-0.2, 0) is 0 Å². The lowest BCUT2D eigenvalue weighted by Gasteiger charge is -2.13. The molecule has 0 saturated heterocycles. The molecule has 1 aromatic rings. The molecule has 4 heteroatoms. The number of aromatic hydroxyl groups is 1. The Balaban J connectivity index is 3.07. The van der Waals surface area contributed by atoms with Gasteiger partial charge in [0.25, 0.3) is 0 Å². The van der Waals surface area contributed by atoms with E-state index in [1.165, 1.54) is 0 Å². The molecule has 0 aliphatic carbocycles. The predicted molar refractivity (Wildman–Crippen MR) is 50.6 cm³/mol. The van der Waals surface area contributed by atoms with Gasteiger partial charge in [-0.25, -0.2) is 0 Å². The first-order valence-corrected chi connectivity index (χ1v) is 4.01. The van der Waals surface area contributed by atoms with Gasteiger partial charge in [0.15, 0.2) is 0 Å². The maximum Gasteiger partial charge on any atom is 0.123 e. The molecular formula is C9H14N2O2. The number of phenols is 1. The zero-order chi connectivity index (χ0) is 9.84. The molecule has 0 radical (unpaired) electrons. The minimum Gasteiger partial charge on any atom is -0.508 e. The second kappa shape index (κ2) is 4.11. The molecule has 0 saturated carbocycles. The van der Waals surface area contributed by atoms with Gasteiger partial charge in [-0.15, -0.1) is 0 Å². The highest BCUT2D eigenvalue weighted by Gasteiger charge is 2.10. The average molecular weight is 182 g/mol. The van der Waals surface area contributed by atoms with Gasteiger partial charge in [0.05, 0.1) is 7.11 Å². The van der Waals surface area contributed by atoms with Gasteiger partial charge in [-0.2, -0.15) is 0 Å². The van der Waals surface area contributed by atoms with Gasteiger partial charge in [0.1, 0.15) is 11.5 Å². The van der Waals surface area contributed by atoms with Gasteiger partial charge in [0.2, 0.25) is 0 Å². The summed E-state index contributed by atoms with van der Waals surface area (Å²) in [5.41, 5.74) is 11.9. The molecule has 0 fully saturated rings. The van der Waals surface area contributed by atoms with Crippen LogP contribution >= 0.6 is 0 Å². The van der Waals surface area contributed by atoms with Crippen LogP contribution in [0, 0.1) is 0 Å². The first-order valence-electron chi connectivity index (χ1n) is 4.01. The van der Waals surface area contributed by atoms with Crippen molar-refractivity contribution in [1.29, 1.82) is 0 Å². The Labute approximate surface area is 77.1 Å².